The van der Waals surface area contributed by atoms with Crippen LogP contribution in [0.5, 0.6) is 0 Å². The third kappa shape index (κ3) is 2.92. The smallest absolute Gasteiger partial charge is 0.287 e. The molecule has 0 amide bonds. The zero-order chi connectivity index (χ0) is 14.0. The van der Waals surface area contributed by atoms with E-state index in [2.05, 4.69) is 17.3 Å². The van der Waals surface area contributed by atoms with Crippen LogP contribution in [0.4, 0.5) is 5.69 Å². The highest BCUT2D eigenvalue weighted by Crippen LogP contribution is 2.41. The second-order valence-electron chi connectivity index (χ2n) is 5.42. The molecule has 0 radical (unpaired) electrons. The second kappa shape index (κ2) is 5.51. The van der Waals surface area contributed by atoms with Crippen LogP contribution in [0.3, 0.4) is 0 Å². The van der Waals surface area contributed by atoms with Crippen molar-refractivity contribution in [2.45, 2.75) is 45.2 Å². The van der Waals surface area contributed by atoms with E-state index in [1.807, 2.05) is 6.92 Å². The molecule has 1 aliphatic rings. The van der Waals surface area contributed by atoms with Crippen molar-refractivity contribution in [3.8, 4) is 0 Å². The van der Waals surface area contributed by atoms with Gasteiger partial charge in [-0.1, -0.05) is 18.5 Å². The number of rotatable bonds is 6. The molecule has 1 saturated carbocycles. The Labute approximate surface area is 118 Å². The Morgan fingerprint density at radius 2 is 2.32 bits per heavy atom. The van der Waals surface area contributed by atoms with Gasteiger partial charge in [0.1, 0.15) is 5.02 Å². The van der Waals surface area contributed by atoms with Crippen LogP contribution in [0.25, 0.3) is 0 Å². The molecule has 19 heavy (non-hydrogen) atoms. The first-order valence-corrected chi connectivity index (χ1v) is 7.13. The normalized spacial score (nSPS) is 18.1. The van der Waals surface area contributed by atoms with Crippen molar-refractivity contribution < 1.29 is 0 Å². The number of nitrogens with zero attached hydrogens (tertiary/aromatic N) is 2. The van der Waals surface area contributed by atoms with Crippen LogP contribution >= 0.6 is 11.6 Å². The zero-order valence-electron chi connectivity index (χ0n) is 11.4. The molecule has 2 rings (SSSR count). The lowest BCUT2D eigenvalue weighted by Crippen LogP contribution is -2.45. The molecule has 0 aliphatic heterocycles. The average Bonchev–Trinajstić information content (AvgIpc) is 3.23. The first kappa shape index (κ1) is 14.3. The first-order chi connectivity index (χ1) is 9.01. The molecule has 1 atom stereocenters. The summed E-state index contributed by atoms with van der Waals surface area (Å²) in [5.41, 5.74) is 5.97. The summed E-state index contributed by atoms with van der Waals surface area (Å²) in [6.07, 6.45) is 4.80. The Kier molecular flexibility index (Phi) is 4.16. The van der Waals surface area contributed by atoms with E-state index in [0.29, 0.717) is 24.7 Å². The molecular weight excluding hydrogens is 264 g/mol. The molecular formula is C13H21ClN4O. The van der Waals surface area contributed by atoms with Crippen LogP contribution in [0.15, 0.2) is 11.0 Å². The number of nitrogens with one attached hydrogen (secondary N) is 1. The fourth-order valence-electron chi connectivity index (χ4n) is 2.27. The van der Waals surface area contributed by atoms with Crippen LogP contribution in [-0.4, -0.2) is 21.9 Å². The van der Waals surface area contributed by atoms with Crippen molar-refractivity contribution in [3.05, 3.63) is 21.6 Å². The maximum absolute atomic E-state index is 12.0. The lowest BCUT2D eigenvalue weighted by molar-refractivity contribution is 0.458. The number of hydrogen-bond acceptors (Lipinski definition) is 4. The fraction of sp³-hybridized carbons (Fsp3) is 0.692. The number of hydrogen-bond donors (Lipinski definition) is 2. The molecule has 6 heteroatoms. The Bertz CT molecular complexity index is 512. The Morgan fingerprint density at radius 1 is 1.63 bits per heavy atom. The van der Waals surface area contributed by atoms with Gasteiger partial charge in [-0.2, -0.15) is 5.10 Å². The minimum absolute atomic E-state index is 0.198. The van der Waals surface area contributed by atoms with Gasteiger partial charge in [0, 0.05) is 18.6 Å². The lowest BCUT2D eigenvalue weighted by Gasteiger charge is -2.31. The number of aryl methyl sites for hydroxylation is 1. The zero-order valence-corrected chi connectivity index (χ0v) is 12.2. The summed E-state index contributed by atoms with van der Waals surface area (Å²) in [4.78, 5) is 12.0. The van der Waals surface area contributed by atoms with E-state index in [1.165, 1.54) is 17.5 Å². The van der Waals surface area contributed by atoms with Crippen molar-refractivity contribution >= 4 is 17.3 Å². The number of halogens is 1. The Balaban J connectivity index is 2.26. The molecule has 1 aromatic rings. The van der Waals surface area contributed by atoms with Gasteiger partial charge in [-0.3, -0.25) is 4.79 Å². The Morgan fingerprint density at radius 3 is 2.84 bits per heavy atom. The molecule has 5 nitrogen and oxygen atoms in total. The van der Waals surface area contributed by atoms with Gasteiger partial charge in [-0.15, -0.1) is 0 Å². The predicted molar refractivity (Wildman–Crippen MR) is 77.6 cm³/mol. The molecule has 3 N–H and O–H groups in total. The molecule has 1 heterocycles. The predicted octanol–water partition coefficient (Wildman–Crippen LogP) is 1.85. The summed E-state index contributed by atoms with van der Waals surface area (Å²) >= 11 is 6.15. The maximum Gasteiger partial charge on any atom is 0.287 e. The number of nitrogens with two attached hydrogens (primary N) is 1. The van der Waals surface area contributed by atoms with Gasteiger partial charge in [0.05, 0.1) is 11.9 Å². The van der Waals surface area contributed by atoms with Crippen molar-refractivity contribution in [1.82, 2.24) is 9.78 Å². The van der Waals surface area contributed by atoms with Crippen LogP contribution in [0, 0.1) is 5.92 Å². The van der Waals surface area contributed by atoms with E-state index in [1.54, 1.807) is 6.20 Å². The number of aromatic nitrogens is 2. The van der Waals surface area contributed by atoms with Gasteiger partial charge >= 0.3 is 0 Å². The summed E-state index contributed by atoms with van der Waals surface area (Å²) < 4.78 is 1.39. The standard InChI is InChI=1S/C13H21ClN4O/c1-3-6-18-12(19)11(14)10(7-16-18)17-13(2,8-15)9-4-5-9/h7,9,17H,3-6,8,15H2,1-2H3. The van der Waals surface area contributed by atoms with Gasteiger partial charge < -0.3 is 11.1 Å². The van der Waals surface area contributed by atoms with Crippen LogP contribution in [0.1, 0.15) is 33.1 Å². The van der Waals surface area contributed by atoms with Crippen LogP contribution < -0.4 is 16.6 Å². The molecule has 0 aromatic carbocycles. The molecule has 106 valence electrons. The fourth-order valence-corrected chi connectivity index (χ4v) is 2.46. The van der Waals surface area contributed by atoms with Crippen molar-refractivity contribution in [1.29, 1.82) is 0 Å². The topological polar surface area (TPSA) is 72.9 Å². The molecule has 0 saturated heterocycles. The highest BCUT2D eigenvalue weighted by Gasteiger charge is 2.40. The second-order valence-corrected chi connectivity index (χ2v) is 5.80. The van der Waals surface area contributed by atoms with E-state index in [0.717, 1.165) is 6.42 Å². The Hall–Kier alpha value is -1.07. The maximum atomic E-state index is 12.0. The average molecular weight is 285 g/mol. The first-order valence-electron chi connectivity index (χ1n) is 6.75. The van der Waals surface area contributed by atoms with Crippen LogP contribution in [-0.2, 0) is 6.54 Å². The molecule has 0 spiro atoms. The van der Waals surface area contributed by atoms with Gasteiger partial charge in [-0.25, -0.2) is 4.68 Å². The van der Waals surface area contributed by atoms with E-state index in [-0.39, 0.29) is 16.1 Å². The van der Waals surface area contributed by atoms with Crippen molar-refractivity contribution in [2.24, 2.45) is 11.7 Å². The summed E-state index contributed by atoms with van der Waals surface area (Å²) in [5, 5.41) is 7.65. The summed E-state index contributed by atoms with van der Waals surface area (Å²) in [6, 6.07) is 0. The van der Waals surface area contributed by atoms with Crippen LogP contribution in [0.2, 0.25) is 5.02 Å². The van der Waals surface area contributed by atoms with E-state index < -0.39 is 0 Å². The lowest BCUT2D eigenvalue weighted by atomic mass is 9.96. The van der Waals surface area contributed by atoms with E-state index in [4.69, 9.17) is 17.3 Å². The summed E-state index contributed by atoms with van der Waals surface area (Å²) in [6.45, 7) is 5.15. The highest BCUT2D eigenvalue weighted by molar-refractivity contribution is 6.32. The minimum Gasteiger partial charge on any atom is -0.376 e. The van der Waals surface area contributed by atoms with Gasteiger partial charge in [-0.05, 0) is 32.1 Å². The molecule has 1 aliphatic carbocycles. The number of anilines is 1. The SMILES string of the molecule is CCCn1ncc(NC(C)(CN)C2CC2)c(Cl)c1=O. The molecule has 0 bridgehead atoms. The third-order valence-electron chi connectivity index (χ3n) is 3.74. The van der Waals surface area contributed by atoms with E-state index in [9.17, 15) is 4.79 Å². The molecule has 1 fully saturated rings. The summed E-state index contributed by atoms with van der Waals surface area (Å²) in [7, 11) is 0. The largest absolute Gasteiger partial charge is 0.376 e. The monoisotopic (exact) mass is 284 g/mol. The summed E-state index contributed by atoms with van der Waals surface area (Å²) in [5.74, 6) is 0.548. The van der Waals surface area contributed by atoms with Crippen molar-refractivity contribution in [3.63, 3.8) is 0 Å². The van der Waals surface area contributed by atoms with Gasteiger partial charge in [0.25, 0.3) is 5.56 Å². The van der Waals surface area contributed by atoms with Crippen molar-refractivity contribution in [2.75, 3.05) is 11.9 Å². The van der Waals surface area contributed by atoms with Gasteiger partial charge in [0.2, 0.25) is 0 Å². The highest BCUT2D eigenvalue weighted by atomic mass is 35.5. The molecule has 1 aromatic heterocycles. The third-order valence-corrected chi connectivity index (χ3v) is 4.11. The van der Waals surface area contributed by atoms with Gasteiger partial charge in [0.15, 0.2) is 0 Å². The van der Waals surface area contributed by atoms with E-state index >= 15 is 0 Å². The molecule has 1 unspecified atom stereocenters. The minimum atomic E-state index is -0.247. The quantitative estimate of drug-likeness (QED) is 0.836.